The van der Waals surface area contributed by atoms with Gasteiger partial charge in [0.1, 0.15) is 23.6 Å². The number of carbonyl (C=O) groups excluding carboxylic acids is 6. The average molecular weight is 770 g/mol. The number of carboxylic acids is 1. The highest BCUT2D eigenvalue weighted by molar-refractivity contribution is 6.38. The number of ether oxygens (including phenoxy) is 1. The minimum atomic E-state index is -1.38. The van der Waals surface area contributed by atoms with Gasteiger partial charge < -0.3 is 36.4 Å². The van der Waals surface area contributed by atoms with Gasteiger partial charge in [-0.15, -0.1) is 0 Å². The molecule has 3 unspecified atom stereocenters. The van der Waals surface area contributed by atoms with Crippen LogP contribution in [0.4, 0.5) is 0 Å². The predicted octanol–water partition coefficient (Wildman–Crippen LogP) is 3.47. The second-order valence-electron chi connectivity index (χ2n) is 14.6. The van der Waals surface area contributed by atoms with Crippen molar-refractivity contribution in [2.24, 2.45) is 5.92 Å². The highest BCUT2D eigenvalue weighted by Crippen LogP contribution is 2.29. The molecule has 0 radical (unpaired) electrons. The summed E-state index contributed by atoms with van der Waals surface area (Å²) in [6.07, 6.45) is 10.9. The molecular formula is C42H51N5O9. The summed E-state index contributed by atoms with van der Waals surface area (Å²) >= 11 is 0. The third-order valence-electron chi connectivity index (χ3n) is 10.3. The fourth-order valence-corrected chi connectivity index (χ4v) is 7.31. The number of carboxylic acid groups (broad SMARTS) is 1. The van der Waals surface area contributed by atoms with Crippen molar-refractivity contribution in [3.05, 3.63) is 89.2 Å². The van der Waals surface area contributed by atoms with Gasteiger partial charge in [-0.3, -0.25) is 28.8 Å². The molecular weight excluding hydrogens is 718 g/mol. The lowest BCUT2D eigenvalue weighted by Gasteiger charge is -2.31. The van der Waals surface area contributed by atoms with Crippen LogP contribution in [0, 0.1) is 5.92 Å². The van der Waals surface area contributed by atoms with E-state index in [1.165, 1.54) is 12.1 Å². The average Bonchev–Trinajstić information content (AvgIpc) is 3.20. The third kappa shape index (κ3) is 11.9. The molecule has 4 aliphatic rings. The Kier molecular flexibility index (Phi) is 14.9. The number of fused-ring (bicyclic) bond motifs is 10. The van der Waals surface area contributed by atoms with E-state index in [0.29, 0.717) is 36.1 Å². The van der Waals surface area contributed by atoms with E-state index in [1.807, 2.05) is 12.2 Å². The van der Waals surface area contributed by atoms with E-state index >= 15 is 0 Å². The van der Waals surface area contributed by atoms with Gasteiger partial charge in [-0.05, 0) is 67.4 Å². The Bertz CT molecular complexity index is 1840. The van der Waals surface area contributed by atoms with E-state index < -0.39 is 66.1 Å². The van der Waals surface area contributed by atoms with E-state index in [9.17, 15) is 38.7 Å². The summed E-state index contributed by atoms with van der Waals surface area (Å²) in [6.45, 7) is 1.08. The molecule has 0 aromatic heterocycles. The monoisotopic (exact) mass is 769 g/mol. The lowest BCUT2D eigenvalue weighted by Crippen LogP contribution is -2.59. The fraction of sp³-hybridized carbons (Fsp3) is 0.452. The summed E-state index contributed by atoms with van der Waals surface area (Å²) in [6, 6.07) is 10.4. The minimum Gasteiger partial charge on any atom is -0.479 e. The number of carbonyl (C=O) groups is 7. The fourth-order valence-electron chi connectivity index (χ4n) is 7.31. The molecule has 0 saturated heterocycles. The summed E-state index contributed by atoms with van der Waals surface area (Å²) in [4.78, 5) is 92.4. The number of nitrogens with one attached hydrogen (secondary N) is 5. The van der Waals surface area contributed by atoms with Crippen molar-refractivity contribution in [2.45, 2.75) is 108 Å². The Hall–Kier alpha value is -5.79. The van der Waals surface area contributed by atoms with E-state index in [1.54, 1.807) is 49.4 Å². The van der Waals surface area contributed by atoms with Crippen molar-refractivity contribution in [1.82, 2.24) is 26.6 Å². The van der Waals surface area contributed by atoms with Crippen LogP contribution in [0.15, 0.2) is 78.1 Å². The van der Waals surface area contributed by atoms with E-state index in [2.05, 4.69) is 26.6 Å². The number of hydrogen-bond donors (Lipinski definition) is 6. The molecule has 2 aromatic rings. The van der Waals surface area contributed by atoms with Crippen molar-refractivity contribution in [3.8, 4) is 5.75 Å². The first kappa shape index (κ1) is 41.4. The van der Waals surface area contributed by atoms with Crippen LogP contribution < -0.4 is 31.3 Å². The number of benzene rings is 2. The Balaban J connectivity index is 1.33. The molecule has 6 rings (SSSR count). The second-order valence-corrected chi connectivity index (χ2v) is 14.6. The second kappa shape index (κ2) is 20.2. The van der Waals surface area contributed by atoms with Crippen LogP contribution in [0.1, 0.15) is 94.7 Å². The zero-order chi connectivity index (χ0) is 40.0. The molecule has 4 atom stereocenters. The van der Waals surface area contributed by atoms with Crippen LogP contribution in [0.3, 0.4) is 0 Å². The molecule has 56 heavy (non-hydrogen) atoms. The largest absolute Gasteiger partial charge is 0.479 e. The first-order valence-electron chi connectivity index (χ1n) is 19.4. The Morgan fingerprint density at radius 2 is 1.62 bits per heavy atom. The molecule has 2 aromatic carbocycles. The molecule has 4 bridgehead atoms. The van der Waals surface area contributed by atoms with Gasteiger partial charge in [0.2, 0.25) is 29.4 Å². The van der Waals surface area contributed by atoms with E-state index in [0.717, 1.165) is 49.9 Å². The summed E-state index contributed by atoms with van der Waals surface area (Å²) in [5.41, 5.74) is 2.10. The maximum atomic E-state index is 14.1. The number of rotatable bonds is 12. The standard InChI is InChI=1S/C42H51N5O9/c1-2-10-32(38(50)41(53)43-25-35(49)47-37(42(54)55)29-14-7-4-8-15-29)44-39(51)33-24-27-11-9-16-31(23-27)56-30-20-17-26(18-21-30)19-22-34(48)46-36(40(52)45-33)28-12-5-3-6-13-28/h4,7-9,11,14-17,20,23,28,32-33,36-37H,2-3,5-6,10,12-13,18-19,21-22,24-25H2,1H3,(H,43,53)(H,44,51)(H,45,52)(H,46,48)(H,47,49)(H,54,55)/t32?,33?,36-,37?/m0/s1. The lowest BCUT2D eigenvalue weighted by atomic mass is 9.83. The molecule has 6 N–H and O–H groups in total. The molecule has 14 heteroatoms. The van der Waals surface area contributed by atoms with Crippen molar-refractivity contribution in [2.75, 3.05) is 6.54 Å². The number of Topliss-reactive ketones (excluding diaryl/α,β-unsaturated/α-hetero) is 1. The smallest absolute Gasteiger partial charge is 0.330 e. The molecule has 2 heterocycles. The van der Waals surface area contributed by atoms with Crippen LogP contribution in [-0.2, 0) is 40.0 Å². The number of amides is 5. The van der Waals surface area contributed by atoms with Gasteiger partial charge in [-0.1, -0.05) is 86.7 Å². The zero-order valence-electron chi connectivity index (χ0n) is 31.6. The van der Waals surface area contributed by atoms with Crippen LogP contribution in [0.5, 0.6) is 5.75 Å². The molecule has 14 nitrogen and oxygen atoms in total. The topological polar surface area (TPSA) is 209 Å². The number of aliphatic carboxylic acids is 1. The van der Waals surface area contributed by atoms with Crippen molar-refractivity contribution < 1.29 is 43.4 Å². The zero-order valence-corrected chi connectivity index (χ0v) is 31.6. The van der Waals surface area contributed by atoms with Crippen molar-refractivity contribution in [1.29, 1.82) is 0 Å². The van der Waals surface area contributed by atoms with Gasteiger partial charge in [-0.2, -0.15) is 0 Å². The Morgan fingerprint density at radius 3 is 2.32 bits per heavy atom. The summed E-state index contributed by atoms with van der Waals surface area (Å²) in [5, 5.41) is 22.7. The van der Waals surface area contributed by atoms with Gasteiger partial charge in [-0.25, -0.2) is 4.79 Å². The van der Waals surface area contributed by atoms with Crippen molar-refractivity contribution in [3.63, 3.8) is 0 Å². The van der Waals surface area contributed by atoms with Gasteiger partial charge >= 0.3 is 5.97 Å². The molecule has 1 fully saturated rings. The predicted molar refractivity (Wildman–Crippen MR) is 206 cm³/mol. The van der Waals surface area contributed by atoms with Gasteiger partial charge in [0.25, 0.3) is 5.91 Å². The highest BCUT2D eigenvalue weighted by Gasteiger charge is 2.35. The summed E-state index contributed by atoms with van der Waals surface area (Å²) in [7, 11) is 0. The molecule has 2 aliphatic carbocycles. The summed E-state index contributed by atoms with van der Waals surface area (Å²) in [5.74, 6) is -4.60. The van der Waals surface area contributed by atoms with Crippen LogP contribution in [-0.4, -0.2) is 71.1 Å². The van der Waals surface area contributed by atoms with E-state index in [4.69, 9.17) is 4.74 Å². The normalized spacial score (nSPS) is 20.3. The third-order valence-corrected chi connectivity index (χ3v) is 10.3. The molecule has 1 saturated carbocycles. The van der Waals surface area contributed by atoms with Gasteiger partial charge in [0, 0.05) is 19.3 Å². The first-order valence-corrected chi connectivity index (χ1v) is 19.4. The number of allylic oxidation sites excluding steroid dienone is 4. The van der Waals surface area contributed by atoms with Crippen molar-refractivity contribution >= 4 is 41.3 Å². The number of hydrogen-bond acceptors (Lipinski definition) is 8. The van der Waals surface area contributed by atoms with Crippen LogP contribution in [0.25, 0.3) is 0 Å². The Morgan fingerprint density at radius 1 is 0.875 bits per heavy atom. The molecule has 2 aliphatic heterocycles. The highest BCUT2D eigenvalue weighted by atomic mass is 16.5. The summed E-state index contributed by atoms with van der Waals surface area (Å²) < 4.78 is 6.15. The number of ketones is 1. The minimum absolute atomic E-state index is 0.00870. The van der Waals surface area contributed by atoms with E-state index in [-0.39, 0.29) is 31.1 Å². The van der Waals surface area contributed by atoms with Crippen LogP contribution in [0.2, 0.25) is 0 Å². The first-order chi connectivity index (χ1) is 27.0. The van der Waals surface area contributed by atoms with Gasteiger partial charge in [0.15, 0.2) is 6.04 Å². The quantitative estimate of drug-likeness (QED) is 0.175. The Labute approximate surface area is 326 Å². The maximum Gasteiger partial charge on any atom is 0.330 e. The lowest BCUT2D eigenvalue weighted by molar-refractivity contribution is -0.142. The maximum absolute atomic E-state index is 14.1. The van der Waals surface area contributed by atoms with Gasteiger partial charge in [0.05, 0.1) is 12.6 Å². The molecule has 298 valence electrons. The molecule has 0 spiro atoms. The molecule has 5 amide bonds. The SMILES string of the molecule is CCCC(NC(=O)C1Cc2cccc(c2)OC2=CC=C(CCC(=O)N[C@@H](C3CCCCC3)C(=O)N1)CC2)C(=O)C(=O)NCC(=O)NC(C(=O)O)c1ccccc1. The van der Waals surface area contributed by atoms with Crippen LogP contribution >= 0.6 is 0 Å².